The van der Waals surface area contributed by atoms with E-state index in [1.165, 1.54) is 37.0 Å². The molecule has 0 aliphatic heterocycles. The molecule has 0 radical (unpaired) electrons. The summed E-state index contributed by atoms with van der Waals surface area (Å²) in [5, 5.41) is 17.7. The van der Waals surface area contributed by atoms with Gasteiger partial charge in [-0.3, -0.25) is 0 Å². The van der Waals surface area contributed by atoms with Crippen LogP contribution >= 0.6 is 11.3 Å². The maximum absolute atomic E-state index is 11.7. The second kappa shape index (κ2) is 8.50. The van der Waals surface area contributed by atoms with Crippen LogP contribution in [0.15, 0.2) is 17.5 Å². The molecule has 6 heteroatoms. The Morgan fingerprint density at radius 1 is 1.45 bits per heavy atom. The van der Waals surface area contributed by atoms with Gasteiger partial charge in [-0.1, -0.05) is 18.9 Å². The lowest BCUT2D eigenvalue weighted by Crippen LogP contribution is -2.43. The number of carbonyl (C=O) groups excluding carboxylic acids is 1. The van der Waals surface area contributed by atoms with E-state index >= 15 is 0 Å². The smallest absolute Gasteiger partial charge is 0.314 e. The molecule has 1 fully saturated rings. The number of thiophene rings is 1. The zero-order valence-corrected chi connectivity index (χ0v) is 14.0. The number of hydrogen-bond donors (Lipinski definition) is 3. The fourth-order valence-corrected chi connectivity index (χ4v) is 3.35. The first-order valence-corrected chi connectivity index (χ1v) is 8.85. The molecule has 1 saturated carbocycles. The van der Waals surface area contributed by atoms with E-state index in [0.29, 0.717) is 19.3 Å². The first-order valence-electron chi connectivity index (χ1n) is 7.97. The van der Waals surface area contributed by atoms with Crippen molar-refractivity contribution in [3.05, 3.63) is 22.4 Å². The Bertz CT molecular complexity index is 442. The number of ether oxygens (including phenoxy) is 1. The summed E-state index contributed by atoms with van der Waals surface area (Å²) in [7, 11) is 0. The molecule has 0 saturated heterocycles. The average Bonchev–Trinajstić information content (AvgIpc) is 3.18. The SMILES string of the molecule is CC(O)(CNC(=O)NCCCOC1CCCC1)c1cccs1. The minimum atomic E-state index is -1.03. The maximum Gasteiger partial charge on any atom is 0.314 e. The molecule has 3 N–H and O–H groups in total. The predicted molar refractivity (Wildman–Crippen MR) is 88.1 cm³/mol. The minimum absolute atomic E-state index is 0.192. The van der Waals surface area contributed by atoms with Gasteiger partial charge in [-0.05, 0) is 37.6 Å². The lowest BCUT2D eigenvalue weighted by molar-refractivity contribution is 0.0565. The number of urea groups is 1. The third-order valence-electron chi connectivity index (χ3n) is 3.91. The molecule has 5 nitrogen and oxygen atoms in total. The molecular weight excluding hydrogens is 300 g/mol. The normalized spacial score (nSPS) is 18.1. The zero-order valence-electron chi connectivity index (χ0n) is 13.1. The predicted octanol–water partition coefficient (Wildman–Crippen LogP) is 2.60. The number of rotatable bonds is 8. The molecule has 124 valence electrons. The highest BCUT2D eigenvalue weighted by molar-refractivity contribution is 7.10. The van der Waals surface area contributed by atoms with Crippen LogP contribution in [0.1, 0.15) is 43.9 Å². The maximum atomic E-state index is 11.7. The van der Waals surface area contributed by atoms with E-state index in [1.807, 2.05) is 17.5 Å². The number of carbonyl (C=O) groups is 1. The van der Waals surface area contributed by atoms with Gasteiger partial charge in [-0.2, -0.15) is 0 Å². The van der Waals surface area contributed by atoms with E-state index in [4.69, 9.17) is 4.74 Å². The molecule has 1 atom stereocenters. The van der Waals surface area contributed by atoms with Gasteiger partial charge in [0.05, 0.1) is 12.6 Å². The monoisotopic (exact) mass is 326 g/mol. The standard InChI is InChI=1S/C16H26N2O3S/c1-16(20,14-8-4-11-22-14)12-18-15(19)17-9-5-10-21-13-6-2-3-7-13/h4,8,11,13,20H,2-3,5-7,9-10,12H2,1H3,(H2,17,18,19). The Morgan fingerprint density at radius 3 is 2.91 bits per heavy atom. The molecule has 2 rings (SSSR count). The molecule has 0 spiro atoms. The number of amides is 2. The Hall–Kier alpha value is -1.11. The first-order chi connectivity index (χ1) is 10.6. The van der Waals surface area contributed by atoms with Crippen LogP contribution in [-0.4, -0.2) is 36.9 Å². The fourth-order valence-electron chi connectivity index (χ4n) is 2.57. The van der Waals surface area contributed by atoms with Crippen molar-refractivity contribution in [1.82, 2.24) is 10.6 Å². The molecule has 1 unspecified atom stereocenters. The van der Waals surface area contributed by atoms with Crippen LogP contribution in [0.25, 0.3) is 0 Å². The number of aliphatic hydroxyl groups is 1. The van der Waals surface area contributed by atoms with Crippen molar-refractivity contribution in [3.8, 4) is 0 Å². The molecule has 0 aromatic carbocycles. The average molecular weight is 326 g/mol. The topological polar surface area (TPSA) is 70.6 Å². The van der Waals surface area contributed by atoms with Gasteiger partial charge in [-0.15, -0.1) is 11.3 Å². The molecule has 22 heavy (non-hydrogen) atoms. The van der Waals surface area contributed by atoms with E-state index in [2.05, 4.69) is 10.6 Å². The van der Waals surface area contributed by atoms with Crippen molar-refractivity contribution in [3.63, 3.8) is 0 Å². The number of hydrogen-bond acceptors (Lipinski definition) is 4. The quantitative estimate of drug-likeness (QED) is 0.643. The van der Waals surface area contributed by atoms with Gasteiger partial charge in [0.25, 0.3) is 0 Å². The molecule has 1 aliphatic carbocycles. The van der Waals surface area contributed by atoms with Gasteiger partial charge in [0, 0.05) is 18.0 Å². The van der Waals surface area contributed by atoms with Crippen molar-refractivity contribution >= 4 is 17.4 Å². The minimum Gasteiger partial charge on any atom is -0.383 e. The summed E-state index contributed by atoms with van der Waals surface area (Å²) in [5.41, 5.74) is -1.03. The van der Waals surface area contributed by atoms with Crippen LogP contribution in [0.5, 0.6) is 0 Å². The van der Waals surface area contributed by atoms with Crippen molar-refractivity contribution in [2.45, 2.75) is 50.7 Å². The van der Waals surface area contributed by atoms with Gasteiger partial charge in [0.2, 0.25) is 0 Å². The van der Waals surface area contributed by atoms with E-state index in [9.17, 15) is 9.90 Å². The van der Waals surface area contributed by atoms with Crippen molar-refractivity contribution in [1.29, 1.82) is 0 Å². The van der Waals surface area contributed by atoms with Gasteiger partial charge < -0.3 is 20.5 Å². The Balaban J connectivity index is 1.54. The fraction of sp³-hybridized carbons (Fsp3) is 0.688. The largest absolute Gasteiger partial charge is 0.383 e. The molecular formula is C16H26N2O3S. The third kappa shape index (κ3) is 5.59. The zero-order chi connectivity index (χ0) is 15.8. The molecule has 2 amide bonds. The summed E-state index contributed by atoms with van der Waals surface area (Å²) in [4.78, 5) is 12.6. The summed E-state index contributed by atoms with van der Waals surface area (Å²) < 4.78 is 5.74. The van der Waals surface area contributed by atoms with Crippen molar-refractivity contribution in [2.24, 2.45) is 0 Å². The van der Waals surface area contributed by atoms with Crippen LogP contribution in [-0.2, 0) is 10.3 Å². The van der Waals surface area contributed by atoms with Crippen LogP contribution in [0.4, 0.5) is 4.79 Å². The highest BCUT2D eigenvalue weighted by Crippen LogP contribution is 2.24. The van der Waals surface area contributed by atoms with Crippen LogP contribution in [0, 0.1) is 0 Å². The van der Waals surface area contributed by atoms with E-state index < -0.39 is 5.60 Å². The summed E-state index contributed by atoms with van der Waals surface area (Å²) in [5.74, 6) is 0. The van der Waals surface area contributed by atoms with Crippen molar-refractivity contribution < 1.29 is 14.6 Å². The third-order valence-corrected chi connectivity index (χ3v) is 5.03. The van der Waals surface area contributed by atoms with Crippen LogP contribution < -0.4 is 10.6 Å². The van der Waals surface area contributed by atoms with Gasteiger partial charge in [-0.25, -0.2) is 4.79 Å². The summed E-state index contributed by atoms with van der Waals surface area (Å²) in [6.45, 7) is 3.17. The lowest BCUT2D eigenvalue weighted by atomic mass is 10.1. The van der Waals surface area contributed by atoms with Crippen LogP contribution in [0.3, 0.4) is 0 Å². The summed E-state index contributed by atoms with van der Waals surface area (Å²) >= 11 is 1.48. The molecule has 1 aromatic rings. The highest BCUT2D eigenvalue weighted by Gasteiger charge is 2.24. The molecule has 1 heterocycles. The van der Waals surface area contributed by atoms with Gasteiger partial charge >= 0.3 is 6.03 Å². The molecule has 1 aromatic heterocycles. The van der Waals surface area contributed by atoms with E-state index in [0.717, 1.165) is 11.3 Å². The highest BCUT2D eigenvalue weighted by atomic mass is 32.1. The summed E-state index contributed by atoms with van der Waals surface area (Å²) in [6, 6.07) is 3.50. The first kappa shape index (κ1) is 17.2. The van der Waals surface area contributed by atoms with Gasteiger partial charge in [0.1, 0.15) is 5.60 Å². The molecule has 1 aliphatic rings. The molecule has 0 bridgehead atoms. The second-order valence-corrected chi connectivity index (χ2v) is 6.94. The van der Waals surface area contributed by atoms with Crippen LogP contribution in [0.2, 0.25) is 0 Å². The second-order valence-electron chi connectivity index (χ2n) is 5.99. The summed E-state index contributed by atoms with van der Waals surface area (Å²) in [6.07, 6.45) is 6.13. The Morgan fingerprint density at radius 2 is 2.23 bits per heavy atom. The Kier molecular flexibility index (Phi) is 6.67. The number of nitrogens with one attached hydrogen (secondary N) is 2. The van der Waals surface area contributed by atoms with E-state index in [-0.39, 0.29) is 12.6 Å². The Labute approximate surface area is 136 Å². The van der Waals surface area contributed by atoms with Gasteiger partial charge in [0.15, 0.2) is 0 Å². The van der Waals surface area contributed by atoms with E-state index in [1.54, 1.807) is 6.92 Å². The lowest BCUT2D eigenvalue weighted by Gasteiger charge is -2.22. The van der Waals surface area contributed by atoms with Crippen molar-refractivity contribution in [2.75, 3.05) is 19.7 Å².